The van der Waals surface area contributed by atoms with E-state index in [0.29, 0.717) is 53.0 Å². The van der Waals surface area contributed by atoms with Crippen molar-refractivity contribution in [2.24, 2.45) is 9.98 Å². The van der Waals surface area contributed by atoms with Crippen molar-refractivity contribution >= 4 is 67.5 Å². The van der Waals surface area contributed by atoms with Gasteiger partial charge in [-0.2, -0.15) is 0 Å². The summed E-state index contributed by atoms with van der Waals surface area (Å²) >= 11 is 0. The molecule has 0 radical (unpaired) electrons. The van der Waals surface area contributed by atoms with Crippen LogP contribution < -0.4 is 9.47 Å². The molecule has 9 nitrogen and oxygen atoms in total. The molecule has 2 atom stereocenters. The number of phenolic OH excluding ortho intramolecular Hbond substituents is 2. The molecule has 9 aromatic carbocycles. The third-order valence-corrected chi connectivity index (χ3v) is 13.0. The zero-order valence-corrected chi connectivity index (χ0v) is 36.5. The highest BCUT2D eigenvalue weighted by Crippen LogP contribution is 2.48. The zero-order valence-electron chi connectivity index (χ0n) is 36.5. The van der Waals surface area contributed by atoms with Crippen molar-refractivity contribution in [1.82, 2.24) is 4.90 Å². The summed E-state index contributed by atoms with van der Waals surface area (Å²) < 4.78 is 12.4. The van der Waals surface area contributed by atoms with Crippen LogP contribution in [0.2, 0.25) is 0 Å². The van der Waals surface area contributed by atoms with Crippen molar-refractivity contribution < 1.29 is 29.3 Å². The second-order valence-electron chi connectivity index (χ2n) is 17.3. The molecule has 0 saturated carbocycles. The van der Waals surface area contributed by atoms with Crippen molar-refractivity contribution in [3.63, 3.8) is 0 Å². The minimum Gasteiger partial charge on any atom is -0.507 e. The molecule has 0 spiro atoms. The van der Waals surface area contributed by atoms with Gasteiger partial charge in [0.05, 0.1) is 12.1 Å². The number of ether oxygens (including phenoxy) is 2. The van der Waals surface area contributed by atoms with Gasteiger partial charge >= 0.3 is 11.9 Å². The van der Waals surface area contributed by atoms with E-state index in [4.69, 9.17) is 19.5 Å². The summed E-state index contributed by atoms with van der Waals surface area (Å²) in [5.41, 5.74) is 4.35. The van der Waals surface area contributed by atoms with Crippen molar-refractivity contribution in [3.05, 3.63) is 180 Å². The molecule has 1 fully saturated rings. The molecule has 1 saturated heterocycles. The minimum atomic E-state index is -0.531. The number of nitrogens with zero attached hydrogens (tertiary/aromatic N) is 3. The van der Waals surface area contributed by atoms with Gasteiger partial charge in [-0.1, -0.05) is 140 Å². The molecule has 2 aliphatic heterocycles. The molecule has 2 heterocycles. The molecule has 0 aromatic heterocycles. The van der Waals surface area contributed by atoms with Crippen LogP contribution in [-0.4, -0.2) is 64.7 Å². The van der Waals surface area contributed by atoms with E-state index in [9.17, 15) is 19.8 Å². The monoisotopic (exact) mass is 879 g/mol. The Kier molecular flexibility index (Phi) is 11.0. The van der Waals surface area contributed by atoms with Crippen LogP contribution in [0.5, 0.6) is 23.0 Å². The number of likely N-dealkylation sites (tertiary alicyclic amines) is 1. The van der Waals surface area contributed by atoms with E-state index in [1.54, 1.807) is 24.6 Å². The number of hydrogen-bond acceptors (Lipinski definition) is 9. The Labute approximate surface area is 386 Å². The van der Waals surface area contributed by atoms with Crippen LogP contribution >= 0.6 is 0 Å². The molecule has 0 amide bonds. The maximum atomic E-state index is 13.8. The van der Waals surface area contributed by atoms with Crippen LogP contribution in [0.25, 0.3) is 65.3 Å². The summed E-state index contributed by atoms with van der Waals surface area (Å²) in [5, 5.41) is 31.6. The minimum absolute atomic E-state index is 0.00265. The summed E-state index contributed by atoms with van der Waals surface area (Å²) in [6.45, 7) is 1.89. The first-order chi connectivity index (χ1) is 32.9. The molecule has 2 aliphatic rings. The van der Waals surface area contributed by atoms with Gasteiger partial charge < -0.3 is 19.7 Å². The van der Waals surface area contributed by atoms with Gasteiger partial charge in [0, 0.05) is 78.3 Å². The lowest BCUT2D eigenvalue weighted by Gasteiger charge is -2.18. The van der Waals surface area contributed by atoms with E-state index in [0.717, 1.165) is 43.1 Å². The van der Waals surface area contributed by atoms with Gasteiger partial charge in [0.25, 0.3) is 0 Å². The summed E-state index contributed by atoms with van der Waals surface area (Å²) in [6.07, 6.45) is 3.50. The highest BCUT2D eigenvalue weighted by molar-refractivity contribution is 6.14. The number of aliphatic imine (C=N–C) groups is 2. The topological polar surface area (TPSA) is 121 Å². The summed E-state index contributed by atoms with van der Waals surface area (Å²) in [5.74, 6) is -0.493. The van der Waals surface area contributed by atoms with Gasteiger partial charge in [0.2, 0.25) is 0 Å². The molecule has 2 N–H and O–H groups in total. The standard InChI is InChI=1S/C58H45N3O6/c62-51-23-12-24-52(63)67-50-28-26-38-16-5-9-20-44(38)54(50)56-46-22-11-7-18-40(46)30-42(58(56)65)32-60-48-35-61(33-36-13-2-1-3-14-36)34-47(48)59-31-41-29-39-17-6-10-21-45(39)55(57(41)64)53-43-19-8-4-15-37(43)25-27-49(53)66-51/h1-11,13-22,25-32,47-48,64-65H,12,23-24,33-35H2/t47-,48-/m1/s1. The Morgan fingerprint density at radius 1 is 0.478 bits per heavy atom. The van der Waals surface area contributed by atoms with Gasteiger partial charge in [-0.15, -0.1) is 0 Å². The number of esters is 2. The van der Waals surface area contributed by atoms with Crippen LogP contribution in [0.1, 0.15) is 36.0 Å². The normalized spacial score (nSPS) is 17.0. The van der Waals surface area contributed by atoms with Crippen LogP contribution in [-0.2, 0) is 16.1 Å². The number of aromatic hydroxyl groups is 2. The van der Waals surface area contributed by atoms with Gasteiger partial charge in [-0.05, 0) is 79.3 Å². The number of fused-ring (bicyclic) bond motifs is 17. The fourth-order valence-corrected chi connectivity index (χ4v) is 9.80. The maximum Gasteiger partial charge on any atom is 0.311 e. The number of rotatable bonds is 2. The summed E-state index contributed by atoms with van der Waals surface area (Å²) in [6, 6.07) is 52.1. The van der Waals surface area contributed by atoms with Gasteiger partial charge in [-0.3, -0.25) is 24.5 Å². The average Bonchev–Trinajstić information content (AvgIpc) is 3.73. The maximum absolute atomic E-state index is 13.8. The Bertz CT molecular complexity index is 3270. The second kappa shape index (κ2) is 17.7. The molecule has 9 aromatic rings. The van der Waals surface area contributed by atoms with E-state index in [1.807, 2.05) is 140 Å². The van der Waals surface area contributed by atoms with E-state index in [1.165, 1.54) is 5.56 Å². The largest absolute Gasteiger partial charge is 0.507 e. The Balaban J connectivity index is 1.10. The van der Waals surface area contributed by atoms with Gasteiger partial charge in [-0.25, -0.2) is 0 Å². The number of benzene rings is 9. The Morgan fingerprint density at radius 3 is 1.34 bits per heavy atom. The summed E-state index contributed by atoms with van der Waals surface area (Å²) in [7, 11) is 0. The molecule has 67 heavy (non-hydrogen) atoms. The summed E-state index contributed by atoms with van der Waals surface area (Å²) in [4.78, 5) is 40.3. The fraction of sp³-hybridized carbons (Fsp3) is 0.138. The first kappa shape index (κ1) is 41.6. The van der Waals surface area contributed by atoms with E-state index >= 15 is 0 Å². The van der Waals surface area contributed by atoms with Crippen molar-refractivity contribution in [2.45, 2.75) is 37.9 Å². The highest BCUT2D eigenvalue weighted by atomic mass is 16.5. The molecule has 0 unspecified atom stereocenters. The molecule has 4 bridgehead atoms. The number of carbonyl (C=O) groups is 2. The highest BCUT2D eigenvalue weighted by Gasteiger charge is 2.33. The Hall–Kier alpha value is -8.14. The zero-order chi connectivity index (χ0) is 45.4. The third-order valence-electron chi connectivity index (χ3n) is 13.0. The predicted molar refractivity (Wildman–Crippen MR) is 267 cm³/mol. The lowest BCUT2D eigenvalue weighted by Crippen LogP contribution is -2.21. The smallest absolute Gasteiger partial charge is 0.311 e. The SMILES string of the molecule is O=C1CCCC(=O)Oc2ccc3ccccc3c2-c2c(O)c(cc3ccccc23)C=N[C@@H]2CN(Cc3ccccc3)C[C@H]2N=Cc2cc3ccccc3c(c2O)-c2c(ccc3ccccc23)O1. The van der Waals surface area contributed by atoms with Crippen molar-refractivity contribution in [1.29, 1.82) is 0 Å². The van der Waals surface area contributed by atoms with Crippen molar-refractivity contribution in [2.75, 3.05) is 13.1 Å². The molecule has 328 valence electrons. The molecule has 11 rings (SSSR count). The average molecular weight is 880 g/mol. The number of carbonyl (C=O) groups excluding carboxylic acids is 2. The van der Waals surface area contributed by atoms with Crippen molar-refractivity contribution in [3.8, 4) is 45.3 Å². The molecular weight excluding hydrogens is 835 g/mol. The third kappa shape index (κ3) is 8.04. The molecule has 9 heteroatoms. The van der Waals surface area contributed by atoms with Gasteiger partial charge in [0.1, 0.15) is 23.0 Å². The molecular formula is C58H45N3O6. The fourth-order valence-electron chi connectivity index (χ4n) is 9.80. The van der Waals surface area contributed by atoms with E-state index in [-0.39, 0.29) is 54.3 Å². The lowest BCUT2D eigenvalue weighted by molar-refractivity contribution is -0.136. The quantitative estimate of drug-likeness (QED) is 0.131. The van der Waals surface area contributed by atoms with Crippen LogP contribution in [0.4, 0.5) is 0 Å². The number of phenols is 2. The van der Waals surface area contributed by atoms with Crippen LogP contribution in [0.15, 0.2) is 174 Å². The van der Waals surface area contributed by atoms with Gasteiger partial charge in [0.15, 0.2) is 0 Å². The van der Waals surface area contributed by atoms with Crippen LogP contribution in [0, 0.1) is 0 Å². The predicted octanol–water partition coefficient (Wildman–Crippen LogP) is 11.8. The number of hydrogen-bond donors (Lipinski definition) is 2. The second-order valence-corrected chi connectivity index (χ2v) is 17.3. The Morgan fingerprint density at radius 2 is 0.881 bits per heavy atom. The van der Waals surface area contributed by atoms with E-state index in [2.05, 4.69) is 17.0 Å². The van der Waals surface area contributed by atoms with E-state index < -0.39 is 11.9 Å². The first-order valence-corrected chi connectivity index (χ1v) is 22.6. The lowest BCUT2D eigenvalue weighted by atomic mass is 9.90. The molecule has 0 aliphatic carbocycles. The van der Waals surface area contributed by atoms with Crippen LogP contribution in [0.3, 0.4) is 0 Å². The first-order valence-electron chi connectivity index (χ1n) is 22.6.